The first-order valence-corrected chi connectivity index (χ1v) is 7.57. The zero-order valence-electron chi connectivity index (χ0n) is 10.2. The standard InChI is InChI=1S/C15H9BrFNOS/c16-13(7-10-5-6-20-9-10)15-18-8-14(19-15)11-1-3-12(17)4-2-11/h1-9H/b13-7-. The summed E-state index contributed by atoms with van der Waals surface area (Å²) in [6.07, 6.45) is 3.57. The Kier molecular flexibility index (Phi) is 3.80. The molecule has 5 heteroatoms. The van der Waals surface area contributed by atoms with Crippen molar-refractivity contribution in [2.45, 2.75) is 0 Å². The maximum absolute atomic E-state index is 12.9. The van der Waals surface area contributed by atoms with E-state index in [1.54, 1.807) is 29.7 Å². The van der Waals surface area contributed by atoms with Crippen LogP contribution in [0.5, 0.6) is 0 Å². The van der Waals surface area contributed by atoms with Gasteiger partial charge in [0.2, 0.25) is 5.89 Å². The molecule has 0 aliphatic heterocycles. The van der Waals surface area contributed by atoms with E-state index in [1.807, 2.05) is 22.9 Å². The van der Waals surface area contributed by atoms with Gasteiger partial charge in [0.05, 0.1) is 10.7 Å². The minimum absolute atomic E-state index is 0.271. The second-order valence-electron chi connectivity index (χ2n) is 4.09. The van der Waals surface area contributed by atoms with Crippen molar-refractivity contribution < 1.29 is 8.81 Å². The summed E-state index contributed by atoms with van der Waals surface area (Å²) >= 11 is 5.08. The third-order valence-electron chi connectivity index (χ3n) is 2.68. The highest BCUT2D eigenvalue weighted by molar-refractivity contribution is 9.15. The zero-order chi connectivity index (χ0) is 13.9. The van der Waals surface area contributed by atoms with Crippen LogP contribution in [-0.2, 0) is 0 Å². The van der Waals surface area contributed by atoms with Crippen LogP contribution in [0, 0.1) is 5.82 Å². The number of thiophene rings is 1. The van der Waals surface area contributed by atoms with Crippen LogP contribution in [0.3, 0.4) is 0 Å². The molecule has 0 bridgehead atoms. The van der Waals surface area contributed by atoms with E-state index < -0.39 is 0 Å². The van der Waals surface area contributed by atoms with E-state index in [9.17, 15) is 4.39 Å². The average molecular weight is 350 g/mol. The summed E-state index contributed by atoms with van der Waals surface area (Å²) in [7, 11) is 0. The minimum atomic E-state index is -0.271. The van der Waals surface area contributed by atoms with Crippen molar-refractivity contribution >= 4 is 37.8 Å². The molecule has 0 unspecified atom stereocenters. The molecular weight excluding hydrogens is 341 g/mol. The van der Waals surface area contributed by atoms with E-state index >= 15 is 0 Å². The molecule has 3 rings (SSSR count). The molecule has 0 spiro atoms. The summed E-state index contributed by atoms with van der Waals surface area (Å²) in [6, 6.07) is 8.13. The van der Waals surface area contributed by atoms with E-state index in [0.717, 1.165) is 15.6 Å². The lowest BCUT2D eigenvalue weighted by molar-refractivity contribution is 0.559. The molecule has 0 atom stereocenters. The van der Waals surface area contributed by atoms with E-state index in [4.69, 9.17) is 4.42 Å². The van der Waals surface area contributed by atoms with E-state index in [0.29, 0.717) is 11.7 Å². The van der Waals surface area contributed by atoms with Crippen molar-refractivity contribution in [3.8, 4) is 11.3 Å². The van der Waals surface area contributed by atoms with Gasteiger partial charge in [-0.3, -0.25) is 0 Å². The van der Waals surface area contributed by atoms with Crippen molar-refractivity contribution in [3.63, 3.8) is 0 Å². The molecule has 0 saturated heterocycles. The predicted octanol–water partition coefficient (Wildman–Crippen LogP) is 5.44. The van der Waals surface area contributed by atoms with Gasteiger partial charge in [0.1, 0.15) is 5.82 Å². The molecule has 0 saturated carbocycles. The maximum atomic E-state index is 12.9. The molecule has 2 heterocycles. The molecule has 2 nitrogen and oxygen atoms in total. The molecule has 0 aliphatic carbocycles. The Morgan fingerprint density at radius 1 is 1.25 bits per heavy atom. The van der Waals surface area contributed by atoms with Crippen molar-refractivity contribution in [3.05, 3.63) is 64.6 Å². The number of halogens is 2. The van der Waals surface area contributed by atoms with Crippen LogP contribution in [0.2, 0.25) is 0 Å². The number of hydrogen-bond acceptors (Lipinski definition) is 3. The van der Waals surface area contributed by atoms with Crippen molar-refractivity contribution in [1.29, 1.82) is 0 Å². The first kappa shape index (κ1) is 13.3. The van der Waals surface area contributed by atoms with Gasteiger partial charge < -0.3 is 4.42 Å². The summed E-state index contributed by atoms with van der Waals surface area (Å²) in [5, 5.41) is 4.04. The lowest BCUT2D eigenvalue weighted by Crippen LogP contribution is -1.76. The number of oxazole rings is 1. The van der Waals surface area contributed by atoms with Gasteiger partial charge in [0.25, 0.3) is 0 Å². The lowest BCUT2D eigenvalue weighted by Gasteiger charge is -1.96. The molecule has 3 aromatic rings. The Morgan fingerprint density at radius 2 is 2.05 bits per heavy atom. The van der Waals surface area contributed by atoms with Crippen molar-refractivity contribution in [2.75, 3.05) is 0 Å². The van der Waals surface area contributed by atoms with Crippen LogP contribution in [0.25, 0.3) is 21.9 Å². The van der Waals surface area contributed by atoms with Crippen LogP contribution in [-0.4, -0.2) is 4.98 Å². The number of benzene rings is 1. The highest BCUT2D eigenvalue weighted by Crippen LogP contribution is 2.28. The molecule has 100 valence electrons. The zero-order valence-corrected chi connectivity index (χ0v) is 12.6. The fraction of sp³-hybridized carbons (Fsp3) is 0. The Labute approximate surface area is 127 Å². The van der Waals surface area contributed by atoms with Gasteiger partial charge >= 0.3 is 0 Å². The molecule has 0 N–H and O–H groups in total. The topological polar surface area (TPSA) is 26.0 Å². The Balaban J connectivity index is 1.88. The summed E-state index contributed by atoms with van der Waals surface area (Å²) in [5.41, 5.74) is 1.88. The van der Waals surface area contributed by atoms with Gasteiger partial charge in [-0.2, -0.15) is 11.3 Å². The van der Waals surface area contributed by atoms with Crippen molar-refractivity contribution in [2.24, 2.45) is 0 Å². The van der Waals surface area contributed by atoms with E-state index in [2.05, 4.69) is 20.9 Å². The SMILES string of the molecule is Fc1ccc(-c2cnc(/C(Br)=C/c3ccsc3)o2)cc1. The minimum Gasteiger partial charge on any atom is -0.436 e. The first-order chi connectivity index (χ1) is 9.72. The molecule has 0 radical (unpaired) electrons. The second-order valence-corrected chi connectivity index (χ2v) is 5.72. The maximum Gasteiger partial charge on any atom is 0.233 e. The lowest BCUT2D eigenvalue weighted by atomic mass is 10.2. The van der Waals surface area contributed by atoms with Crippen LogP contribution in [0.4, 0.5) is 4.39 Å². The Morgan fingerprint density at radius 3 is 2.75 bits per heavy atom. The van der Waals surface area contributed by atoms with Crippen LogP contribution in [0.15, 0.2) is 51.7 Å². The largest absolute Gasteiger partial charge is 0.436 e. The fourth-order valence-electron chi connectivity index (χ4n) is 1.70. The van der Waals surface area contributed by atoms with Gasteiger partial charge in [-0.05, 0) is 68.7 Å². The fourth-order valence-corrected chi connectivity index (χ4v) is 2.76. The summed E-state index contributed by atoms with van der Waals surface area (Å²) < 4.78 is 19.3. The molecule has 0 amide bonds. The Hall–Kier alpha value is -1.72. The van der Waals surface area contributed by atoms with Gasteiger partial charge in [-0.1, -0.05) is 0 Å². The quantitative estimate of drug-likeness (QED) is 0.629. The number of aromatic nitrogens is 1. The van der Waals surface area contributed by atoms with Gasteiger partial charge in [-0.15, -0.1) is 0 Å². The number of hydrogen-bond donors (Lipinski definition) is 0. The molecule has 20 heavy (non-hydrogen) atoms. The molecule has 0 fully saturated rings. The summed E-state index contributed by atoms with van der Waals surface area (Å²) in [6.45, 7) is 0. The molecule has 0 aliphatic rings. The van der Waals surface area contributed by atoms with Crippen LogP contribution < -0.4 is 0 Å². The molecular formula is C15H9BrFNOS. The smallest absolute Gasteiger partial charge is 0.233 e. The van der Waals surface area contributed by atoms with E-state index in [-0.39, 0.29) is 5.82 Å². The average Bonchev–Trinajstić information content (AvgIpc) is 3.10. The highest BCUT2D eigenvalue weighted by Gasteiger charge is 2.09. The summed E-state index contributed by atoms with van der Waals surface area (Å²) in [4.78, 5) is 4.22. The monoisotopic (exact) mass is 349 g/mol. The van der Waals surface area contributed by atoms with E-state index in [1.165, 1.54) is 12.1 Å². The first-order valence-electron chi connectivity index (χ1n) is 5.84. The highest BCUT2D eigenvalue weighted by atomic mass is 79.9. The van der Waals surface area contributed by atoms with Crippen LogP contribution >= 0.6 is 27.3 Å². The third-order valence-corrected chi connectivity index (χ3v) is 3.94. The second kappa shape index (κ2) is 5.73. The van der Waals surface area contributed by atoms with Gasteiger partial charge in [0, 0.05) is 5.56 Å². The Bertz CT molecular complexity index is 732. The normalized spacial score (nSPS) is 11.8. The number of rotatable bonds is 3. The predicted molar refractivity (Wildman–Crippen MR) is 83.0 cm³/mol. The third kappa shape index (κ3) is 2.89. The van der Waals surface area contributed by atoms with Gasteiger partial charge in [0.15, 0.2) is 5.76 Å². The molecule has 2 aromatic heterocycles. The molecule has 1 aromatic carbocycles. The van der Waals surface area contributed by atoms with Gasteiger partial charge in [-0.25, -0.2) is 9.37 Å². The van der Waals surface area contributed by atoms with Crippen LogP contribution in [0.1, 0.15) is 11.5 Å². The number of nitrogens with zero attached hydrogens (tertiary/aromatic N) is 1. The summed E-state index contributed by atoms with van der Waals surface area (Å²) in [5.74, 6) is 0.832. The van der Waals surface area contributed by atoms with Crippen molar-refractivity contribution in [1.82, 2.24) is 4.98 Å².